The maximum Gasteiger partial charge on any atom is 0.0920 e. The second kappa shape index (κ2) is 7.49. The fourth-order valence-electron chi connectivity index (χ4n) is 2.75. The van der Waals surface area contributed by atoms with E-state index in [9.17, 15) is 5.11 Å². The van der Waals surface area contributed by atoms with E-state index in [0.717, 1.165) is 5.57 Å². The average Bonchev–Trinajstić information content (AvgIpc) is 2.37. The molecule has 0 unspecified atom stereocenters. The highest BCUT2D eigenvalue weighted by Crippen LogP contribution is 2.40. The SMILES string of the molecule is CC(C=CC1=C(C)CCCC1(C)C)=CC=CC(C)=C(C)O. The molecule has 1 heteroatoms. The zero-order chi connectivity index (χ0) is 16.0. The van der Waals surface area contributed by atoms with E-state index in [1.807, 2.05) is 19.1 Å². The molecule has 0 spiro atoms. The molecule has 0 saturated heterocycles. The summed E-state index contributed by atoms with van der Waals surface area (Å²) in [6.07, 6.45) is 14.3. The summed E-state index contributed by atoms with van der Waals surface area (Å²) in [5, 5.41) is 9.33. The highest BCUT2D eigenvalue weighted by atomic mass is 16.3. The fraction of sp³-hybridized carbons (Fsp3) is 0.500. The minimum absolute atomic E-state index is 0.294. The number of rotatable bonds is 4. The van der Waals surface area contributed by atoms with Gasteiger partial charge < -0.3 is 5.11 Å². The number of aliphatic hydroxyl groups is 1. The van der Waals surface area contributed by atoms with Crippen molar-refractivity contribution in [2.75, 3.05) is 0 Å². The van der Waals surface area contributed by atoms with Gasteiger partial charge in [-0.05, 0) is 63.5 Å². The summed E-state index contributed by atoms with van der Waals surface area (Å²) in [4.78, 5) is 0. The van der Waals surface area contributed by atoms with E-state index in [1.54, 1.807) is 6.92 Å². The molecule has 1 aliphatic carbocycles. The van der Waals surface area contributed by atoms with Crippen LogP contribution in [0.5, 0.6) is 0 Å². The Bertz CT molecular complexity index is 518. The highest BCUT2D eigenvalue weighted by Gasteiger charge is 2.26. The fourth-order valence-corrected chi connectivity index (χ4v) is 2.75. The van der Waals surface area contributed by atoms with Crippen LogP contribution in [-0.4, -0.2) is 5.11 Å². The molecular formula is C20H30O. The largest absolute Gasteiger partial charge is 0.512 e. The van der Waals surface area contributed by atoms with E-state index < -0.39 is 0 Å². The van der Waals surface area contributed by atoms with Crippen LogP contribution in [0.4, 0.5) is 0 Å². The van der Waals surface area contributed by atoms with Crippen LogP contribution >= 0.6 is 0 Å². The first kappa shape index (κ1) is 17.6. The van der Waals surface area contributed by atoms with Crippen molar-refractivity contribution in [1.82, 2.24) is 0 Å². The molecule has 1 nitrogen and oxygen atoms in total. The molecular weight excluding hydrogens is 256 g/mol. The Balaban J connectivity index is 2.83. The summed E-state index contributed by atoms with van der Waals surface area (Å²) in [5.41, 5.74) is 5.43. The summed E-state index contributed by atoms with van der Waals surface area (Å²) >= 11 is 0. The third-order valence-electron chi connectivity index (χ3n) is 4.33. The van der Waals surface area contributed by atoms with Gasteiger partial charge in [0.1, 0.15) is 0 Å². The Morgan fingerprint density at radius 3 is 2.38 bits per heavy atom. The first-order valence-corrected chi connectivity index (χ1v) is 7.84. The van der Waals surface area contributed by atoms with Gasteiger partial charge in [-0.3, -0.25) is 0 Å². The van der Waals surface area contributed by atoms with Crippen LogP contribution in [0.2, 0.25) is 0 Å². The van der Waals surface area contributed by atoms with Gasteiger partial charge in [0.05, 0.1) is 5.76 Å². The third kappa shape index (κ3) is 5.41. The lowest BCUT2D eigenvalue weighted by molar-refractivity contribution is 0.377. The Morgan fingerprint density at radius 2 is 1.81 bits per heavy atom. The van der Waals surface area contributed by atoms with Crippen molar-refractivity contribution in [3.8, 4) is 0 Å². The van der Waals surface area contributed by atoms with Gasteiger partial charge >= 0.3 is 0 Å². The molecule has 1 aliphatic rings. The number of hydrogen-bond donors (Lipinski definition) is 1. The van der Waals surface area contributed by atoms with Crippen LogP contribution in [0.3, 0.4) is 0 Å². The minimum atomic E-state index is 0.294. The van der Waals surface area contributed by atoms with Crippen molar-refractivity contribution in [2.45, 2.75) is 60.8 Å². The van der Waals surface area contributed by atoms with Crippen molar-refractivity contribution >= 4 is 0 Å². The highest BCUT2D eigenvalue weighted by molar-refractivity contribution is 5.37. The summed E-state index contributed by atoms with van der Waals surface area (Å²) in [6, 6.07) is 0. The van der Waals surface area contributed by atoms with E-state index in [4.69, 9.17) is 0 Å². The van der Waals surface area contributed by atoms with Crippen molar-refractivity contribution in [3.63, 3.8) is 0 Å². The molecule has 21 heavy (non-hydrogen) atoms. The predicted molar refractivity (Wildman–Crippen MR) is 93.4 cm³/mol. The maximum absolute atomic E-state index is 9.33. The summed E-state index contributed by atoms with van der Waals surface area (Å²) in [5.74, 6) is 0.373. The Kier molecular flexibility index (Phi) is 6.26. The monoisotopic (exact) mass is 286 g/mol. The normalized spacial score (nSPS) is 21.3. The van der Waals surface area contributed by atoms with Crippen molar-refractivity contribution in [3.05, 3.63) is 58.4 Å². The van der Waals surface area contributed by atoms with Gasteiger partial charge in [0.15, 0.2) is 0 Å². The molecule has 0 saturated carbocycles. The second-order valence-electron chi connectivity index (χ2n) is 6.80. The summed E-state index contributed by atoms with van der Waals surface area (Å²) < 4.78 is 0. The Hall–Kier alpha value is -1.50. The molecule has 1 N–H and O–H groups in total. The molecule has 0 aliphatic heterocycles. The van der Waals surface area contributed by atoms with Gasteiger partial charge in [0, 0.05) is 0 Å². The van der Waals surface area contributed by atoms with Crippen LogP contribution in [0.15, 0.2) is 58.4 Å². The van der Waals surface area contributed by atoms with Crippen LogP contribution in [0, 0.1) is 5.41 Å². The number of allylic oxidation sites excluding steroid dienone is 10. The quantitative estimate of drug-likeness (QED) is 0.467. The molecule has 0 bridgehead atoms. The minimum Gasteiger partial charge on any atom is -0.512 e. The smallest absolute Gasteiger partial charge is 0.0920 e. The van der Waals surface area contributed by atoms with E-state index in [2.05, 4.69) is 45.9 Å². The van der Waals surface area contributed by atoms with Gasteiger partial charge in [-0.25, -0.2) is 0 Å². The maximum atomic E-state index is 9.33. The molecule has 0 heterocycles. The van der Waals surface area contributed by atoms with Crippen LogP contribution in [-0.2, 0) is 0 Å². The first-order chi connectivity index (χ1) is 9.74. The number of aliphatic hydroxyl groups excluding tert-OH is 1. The molecule has 1 rings (SSSR count). The van der Waals surface area contributed by atoms with Crippen LogP contribution in [0.1, 0.15) is 60.8 Å². The zero-order valence-corrected chi connectivity index (χ0v) is 14.5. The zero-order valence-electron chi connectivity index (χ0n) is 14.5. The summed E-state index contributed by atoms with van der Waals surface area (Å²) in [7, 11) is 0. The number of hydrogen-bond acceptors (Lipinski definition) is 1. The van der Waals surface area contributed by atoms with E-state index >= 15 is 0 Å². The lowest BCUT2D eigenvalue weighted by Gasteiger charge is -2.32. The Morgan fingerprint density at radius 1 is 1.14 bits per heavy atom. The molecule has 0 aromatic carbocycles. The first-order valence-electron chi connectivity index (χ1n) is 7.84. The van der Waals surface area contributed by atoms with Crippen molar-refractivity contribution < 1.29 is 5.11 Å². The molecule has 0 fully saturated rings. The lowest BCUT2D eigenvalue weighted by Crippen LogP contribution is -2.19. The molecule has 0 aromatic rings. The second-order valence-corrected chi connectivity index (χ2v) is 6.80. The van der Waals surface area contributed by atoms with Crippen LogP contribution < -0.4 is 0 Å². The van der Waals surface area contributed by atoms with Crippen LogP contribution in [0.25, 0.3) is 0 Å². The standard InChI is InChI=1S/C20H30O/c1-15(9-7-10-16(2)18(4)21)12-13-19-17(3)11-8-14-20(19,5)6/h7,9-10,12-13,21H,8,11,14H2,1-6H3. The van der Waals surface area contributed by atoms with Gasteiger partial charge in [0.2, 0.25) is 0 Å². The molecule has 0 atom stereocenters. The predicted octanol–water partition coefficient (Wildman–Crippen LogP) is 6.42. The Labute approximate surface area is 130 Å². The van der Waals surface area contributed by atoms with E-state index in [-0.39, 0.29) is 0 Å². The lowest BCUT2D eigenvalue weighted by atomic mass is 9.72. The van der Waals surface area contributed by atoms with Crippen molar-refractivity contribution in [1.29, 1.82) is 0 Å². The summed E-state index contributed by atoms with van der Waals surface area (Å²) in [6.45, 7) is 12.7. The van der Waals surface area contributed by atoms with Gasteiger partial charge in [0.25, 0.3) is 0 Å². The van der Waals surface area contributed by atoms with Gasteiger partial charge in [-0.1, -0.05) is 55.4 Å². The topological polar surface area (TPSA) is 20.2 Å². The molecule has 0 radical (unpaired) electrons. The van der Waals surface area contributed by atoms with E-state index in [1.165, 1.54) is 36.0 Å². The average molecular weight is 286 g/mol. The third-order valence-corrected chi connectivity index (χ3v) is 4.33. The van der Waals surface area contributed by atoms with Gasteiger partial charge in [-0.2, -0.15) is 0 Å². The van der Waals surface area contributed by atoms with Crippen molar-refractivity contribution in [2.24, 2.45) is 5.41 Å². The van der Waals surface area contributed by atoms with E-state index in [0.29, 0.717) is 11.2 Å². The molecule has 0 aromatic heterocycles. The molecule has 0 amide bonds. The molecule has 116 valence electrons. The van der Waals surface area contributed by atoms with Gasteiger partial charge in [-0.15, -0.1) is 0 Å².